The molecule has 1 N–H and O–H groups in total. The third-order valence-corrected chi connectivity index (χ3v) is 4.11. The third kappa shape index (κ3) is 4.06. The number of nitrogens with one attached hydrogen (secondary N) is 1. The number of nitrogens with zero attached hydrogens (tertiary/aromatic N) is 1. The van der Waals surface area contributed by atoms with Gasteiger partial charge in [0, 0.05) is 17.1 Å². The van der Waals surface area contributed by atoms with Crippen molar-refractivity contribution in [1.29, 1.82) is 0 Å². The lowest BCUT2D eigenvalue weighted by atomic mass is 10.1. The Morgan fingerprint density at radius 2 is 1.81 bits per heavy atom. The molecule has 0 aliphatic heterocycles. The number of methoxy groups -OCH3 is 1. The molecule has 3 rings (SSSR count). The van der Waals surface area contributed by atoms with Crippen LogP contribution in [0.2, 0.25) is 0 Å². The predicted octanol–water partition coefficient (Wildman–Crippen LogP) is 3.98. The number of amides is 1. The normalized spacial score (nSPS) is 10.5. The number of hydrogen-bond donors (Lipinski definition) is 1. The first kappa shape index (κ1) is 18.4. The van der Waals surface area contributed by atoms with E-state index >= 15 is 0 Å². The number of anilines is 1. The molecule has 1 amide bonds. The molecule has 0 unspecified atom stereocenters. The Labute approximate surface area is 157 Å². The molecule has 0 spiro atoms. The van der Waals surface area contributed by atoms with Gasteiger partial charge in [-0.1, -0.05) is 0 Å². The summed E-state index contributed by atoms with van der Waals surface area (Å²) in [6, 6.07) is 13.9. The van der Waals surface area contributed by atoms with E-state index in [0.717, 1.165) is 10.9 Å². The zero-order valence-electron chi connectivity index (χ0n) is 15.4. The van der Waals surface area contributed by atoms with E-state index in [1.165, 1.54) is 0 Å². The molecule has 0 atom stereocenters. The van der Waals surface area contributed by atoms with E-state index in [-0.39, 0.29) is 11.9 Å². The van der Waals surface area contributed by atoms with Crippen LogP contribution in [-0.2, 0) is 4.74 Å². The zero-order chi connectivity index (χ0) is 19.4. The van der Waals surface area contributed by atoms with Gasteiger partial charge < -0.3 is 14.8 Å². The monoisotopic (exact) mass is 364 g/mol. The van der Waals surface area contributed by atoms with E-state index < -0.39 is 0 Å². The smallest absolute Gasteiger partial charge is 0.338 e. The Kier molecular flexibility index (Phi) is 5.35. The van der Waals surface area contributed by atoms with Crippen LogP contribution in [0.3, 0.4) is 0 Å². The molecule has 138 valence electrons. The van der Waals surface area contributed by atoms with Crippen LogP contribution < -0.4 is 10.1 Å². The Bertz CT molecular complexity index is 997. The highest BCUT2D eigenvalue weighted by molar-refractivity contribution is 6.07. The first-order chi connectivity index (χ1) is 13.0. The van der Waals surface area contributed by atoms with Crippen LogP contribution >= 0.6 is 0 Å². The van der Waals surface area contributed by atoms with Crippen molar-refractivity contribution in [1.82, 2.24) is 4.98 Å². The lowest BCUT2D eigenvalue weighted by Gasteiger charge is -2.10. The summed E-state index contributed by atoms with van der Waals surface area (Å²) >= 11 is 0. The topological polar surface area (TPSA) is 77.5 Å². The van der Waals surface area contributed by atoms with Crippen LogP contribution in [0.15, 0.2) is 48.5 Å². The van der Waals surface area contributed by atoms with Gasteiger partial charge in [-0.3, -0.25) is 9.78 Å². The molecule has 0 saturated heterocycles. The summed E-state index contributed by atoms with van der Waals surface area (Å²) in [5, 5.41) is 3.68. The average Bonchev–Trinajstić information content (AvgIpc) is 2.67. The SMILES string of the molecule is CCOC(=O)c1ccc(NC(=O)c2cc3ccc(OC)cc3nc2C)cc1. The minimum absolute atomic E-state index is 0.262. The van der Waals surface area contributed by atoms with Crippen molar-refractivity contribution in [3.63, 3.8) is 0 Å². The highest BCUT2D eigenvalue weighted by atomic mass is 16.5. The lowest BCUT2D eigenvalue weighted by molar-refractivity contribution is 0.0526. The Balaban J connectivity index is 1.81. The summed E-state index contributed by atoms with van der Waals surface area (Å²) in [5.74, 6) is 0.0651. The second-order valence-electron chi connectivity index (χ2n) is 5.93. The Hall–Kier alpha value is -3.41. The highest BCUT2D eigenvalue weighted by Crippen LogP contribution is 2.22. The minimum Gasteiger partial charge on any atom is -0.497 e. The Morgan fingerprint density at radius 1 is 1.07 bits per heavy atom. The summed E-state index contributed by atoms with van der Waals surface area (Å²) < 4.78 is 10.2. The largest absolute Gasteiger partial charge is 0.497 e. The van der Waals surface area contributed by atoms with Gasteiger partial charge in [0.1, 0.15) is 5.75 Å². The summed E-state index contributed by atoms with van der Waals surface area (Å²) in [7, 11) is 1.60. The summed E-state index contributed by atoms with van der Waals surface area (Å²) in [6.45, 7) is 3.86. The quantitative estimate of drug-likeness (QED) is 0.693. The fourth-order valence-electron chi connectivity index (χ4n) is 2.70. The molecule has 0 aliphatic rings. The van der Waals surface area contributed by atoms with Gasteiger partial charge in [-0.25, -0.2) is 4.79 Å². The number of ether oxygens (including phenoxy) is 2. The molecule has 0 radical (unpaired) electrons. The first-order valence-electron chi connectivity index (χ1n) is 8.55. The molecule has 3 aromatic rings. The first-order valence-corrected chi connectivity index (χ1v) is 8.55. The van der Waals surface area contributed by atoms with Crippen molar-refractivity contribution in [2.75, 3.05) is 19.0 Å². The van der Waals surface area contributed by atoms with E-state index in [2.05, 4.69) is 10.3 Å². The van der Waals surface area contributed by atoms with Crippen LogP contribution in [0.4, 0.5) is 5.69 Å². The van der Waals surface area contributed by atoms with Crippen LogP contribution in [-0.4, -0.2) is 30.6 Å². The van der Waals surface area contributed by atoms with E-state index in [1.807, 2.05) is 18.2 Å². The van der Waals surface area contributed by atoms with Crippen molar-refractivity contribution in [3.8, 4) is 5.75 Å². The number of benzene rings is 2. The molecule has 0 fully saturated rings. The molecule has 0 bridgehead atoms. The number of hydrogen-bond acceptors (Lipinski definition) is 5. The third-order valence-electron chi connectivity index (χ3n) is 4.11. The van der Waals surface area contributed by atoms with Crippen molar-refractivity contribution in [2.45, 2.75) is 13.8 Å². The lowest BCUT2D eigenvalue weighted by Crippen LogP contribution is -2.14. The number of aromatic nitrogens is 1. The van der Waals surface area contributed by atoms with E-state index in [9.17, 15) is 9.59 Å². The molecular weight excluding hydrogens is 344 g/mol. The average molecular weight is 364 g/mol. The van der Waals surface area contributed by atoms with Gasteiger partial charge >= 0.3 is 5.97 Å². The van der Waals surface area contributed by atoms with Gasteiger partial charge in [-0.15, -0.1) is 0 Å². The zero-order valence-corrected chi connectivity index (χ0v) is 15.4. The fraction of sp³-hybridized carbons (Fsp3) is 0.190. The predicted molar refractivity (Wildman–Crippen MR) is 103 cm³/mol. The molecule has 0 saturated carbocycles. The van der Waals surface area contributed by atoms with Gasteiger partial charge in [0.25, 0.3) is 5.91 Å². The van der Waals surface area contributed by atoms with Crippen molar-refractivity contribution < 1.29 is 19.1 Å². The molecule has 27 heavy (non-hydrogen) atoms. The maximum absolute atomic E-state index is 12.7. The van der Waals surface area contributed by atoms with E-state index in [0.29, 0.717) is 34.9 Å². The molecule has 0 aliphatic carbocycles. The van der Waals surface area contributed by atoms with Gasteiger partial charge in [-0.05, 0) is 56.3 Å². The standard InChI is InChI=1S/C21H20N2O4/c1-4-27-21(25)14-5-8-16(9-6-14)23-20(24)18-11-15-7-10-17(26-3)12-19(15)22-13(18)2/h5-12H,4H2,1-3H3,(H,23,24). The van der Waals surface area contributed by atoms with Crippen molar-refractivity contribution in [2.24, 2.45) is 0 Å². The second kappa shape index (κ2) is 7.86. The summed E-state index contributed by atoms with van der Waals surface area (Å²) in [5.41, 5.74) is 2.90. The molecule has 1 aromatic heterocycles. The number of aryl methyl sites for hydroxylation is 1. The molecular formula is C21H20N2O4. The van der Waals surface area contributed by atoms with Gasteiger partial charge in [0.15, 0.2) is 0 Å². The fourth-order valence-corrected chi connectivity index (χ4v) is 2.70. The molecule has 6 nitrogen and oxygen atoms in total. The summed E-state index contributed by atoms with van der Waals surface area (Å²) in [6.07, 6.45) is 0. The maximum atomic E-state index is 12.7. The van der Waals surface area contributed by atoms with Gasteiger partial charge in [-0.2, -0.15) is 0 Å². The van der Waals surface area contributed by atoms with E-state index in [1.54, 1.807) is 51.3 Å². The molecule has 2 aromatic carbocycles. The number of esters is 1. The van der Waals surface area contributed by atoms with E-state index in [4.69, 9.17) is 9.47 Å². The van der Waals surface area contributed by atoms with Crippen LogP contribution in [0.25, 0.3) is 10.9 Å². The maximum Gasteiger partial charge on any atom is 0.338 e. The minimum atomic E-state index is -0.389. The number of carbonyl (C=O) groups is 2. The number of pyridine rings is 1. The number of rotatable bonds is 5. The number of carbonyl (C=O) groups excluding carboxylic acids is 2. The second-order valence-corrected chi connectivity index (χ2v) is 5.93. The highest BCUT2D eigenvalue weighted by Gasteiger charge is 2.13. The van der Waals surface area contributed by atoms with Crippen LogP contribution in [0.1, 0.15) is 33.3 Å². The summed E-state index contributed by atoms with van der Waals surface area (Å²) in [4.78, 5) is 28.8. The molecule has 6 heteroatoms. The van der Waals surface area contributed by atoms with Crippen molar-refractivity contribution >= 4 is 28.5 Å². The molecule has 1 heterocycles. The van der Waals surface area contributed by atoms with Crippen LogP contribution in [0.5, 0.6) is 5.75 Å². The van der Waals surface area contributed by atoms with Crippen LogP contribution in [0, 0.1) is 6.92 Å². The van der Waals surface area contributed by atoms with Crippen molar-refractivity contribution in [3.05, 3.63) is 65.4 Å². The van der Waals surface area contributed by atoms with Gasteiger partial charge in [0.05, 0.1) is 36.1 Å². The Morgan fingerprint density at radius 3 is 2.48 bits per heavy atom. The number of fused-ring (bicyclic) bond motifs is 1. The van der Waals surface area contributed by atoms with Gasteiger partial charge in [0.2, 0.25) is 0 Å².